The Morgan fingerprint density at radius 3 is 2.75 bits per heavy atom. The minimum atomic E-state index is -0.648. The lowest BCUT2D eigenvalue weighted by Crippen LogP contribution is -1.97. The van der Waals surface area contributed by atoms with Crippen molar-refractivity contribution in [3.05, 3.63) is 62.0 Å². The number of carbonyl (C=O) groups excluding carboxylic acids is 1. The van der Waals surface area contributed by atoms with E-state index < -0.39 is 4.92 Å². The van der Waals surface area contributed by atoms with Gasteiger partial charge in [-0.15, -0.1) is 0 Å². The van der Waals surface area contributed by atoms with Gasteiger partial charge in [-0.2, -0.15) is 0 Å². The first kappa shape index (κ1) is 12.6. The third-order valence-corrected chi connectivity index (χ3v) is 3.19. The minimum Gasteiger partial charge on any atom is -0.452 e. The number of rotatable bonds is 2. The number of nitrogens with zero attached hydrogens (tertiary/aromatic N) is 1. The average molecular weight is 336 g/mol. The number of nitro groups is 1. The van der Waals surface area contributed by atoms with E-state index in [4.69, 9.17) is 9.15 Å². The van der Waals surface area contributed by atoms with E-state index >= 15 is 0 Å². The van der Waals surface area contributed by atoms with Gasteiger partial charge in [-0.1, -0.05) is 15.9 Å². The summed E-state index contributed by atoms with van der Waals surface area (Å²) in [6, 6.07) is 7.70. The molecule has 3 rings (SSSR count). The largest absolute Gasteiger partial charge is 0.452 e. The van der Waals surface area contributed by atoms with Crippen LogP contribution in [0.2, 0.25) is 0 Å². The Morgan fingerprint density at radius 2 is 2.05 bits per heavy atom. The summed E-state index contributed by atoms with van der Waals surface area (Å²) < 4.78 is 11.1. The van der Waals surface area contributed by atoms with E-state index in [1.165, 1.54) is 18.2 Å². The van der Waals surface area contributed by atoms with Crippen LogP contribution in [-0.4, -0.2) is 10.7 Å². The van der Waals surface area contributed by atoms with Gasteiger partial charge >= 0.3 is 5.88 Å². The van der Waals surface area contributed by atoms with Crippen LogP contribution in [0.4, 0.5) is 5.88 Å². The van der Waals surface area contributed by atoms with Crippen molar-refractivity contribution in [3.8, 4) is 5.75 Å². The number of ketones is 1. The van der Waals surface area contributed by atoms with E-state index in [1.807, 2.05) is 0 Å². The lowest BCUT2D eigenvalue weighted by Gasteiger charge is -1.96. The fraction of sp³-hybridized carbons (Fsp3) is 0. The lowest BCUT2D eigenvalue weighted by atomic mass is 10.1. The molecular weight excluding hydrogens is 330 g/mol. The summed E-state index contributed by atoms with van der Waals surface area (Å²) in [6.07, 6.45) is 1.34. The summed E-state index contributed by atoms with van der Waals surface area (Å²) in [4.78, 5) is 22.0. The molecule has 2 aromatic rings. The smallest absolute Gasteiger partial charge is 0.433 e. The molecule has 0 bridgehead atoms. The van der Waals surface area contributed by atoms with E-state index in [9.17, 15) is 14.9 Å². The molecule has 0 atom stereocenters. The Balaban J connectivity index is 1.94. The van der Waals surface area contributed by atoms with E-state index in [0.717, 1.165) is 4.47 Å². The number of furan rings is 1. The SMILES string of the molecule is O=C1/C(=C/c2ccc([N+](=O)[O-])o2)Oc2ccc(Br)cc21. The molecule has 6 nitrogen and oxygen atoms in total. The molecule has 1 aliphatic rings. The molecule has 0 unspecified atom stereocenters. The van der Waals surface area contributed by atoms with Crippen LogP contribution in [0, 0.1) is 10.1 Å². The zero-order valence-corrected chi connectivity index (χ0v) is 11.4. The summed E-state index contributed by atoms with van der Waals surface area (Å²) in [5.74, 6) is 0.0303. The van der Waals surface area contributed by atoms with Crippen LogP contribution in [-0.2, 0) is 0 Å². The van der Waals surface area contributed by atoms with Crippen molar-refractivity contribution in [1.29, 1.82) is 0 Å². The van der Waals surface area contributed by atoms with Gasteiger partial charge in [-0.3, -0.25) is 14.9 Å². The molecule has 1 aromatic heterocycles. The van der Waals surface area contributed by atoms with Crippen LogP contribution in [0.3, 0.4) is 0 Å². The van der Waals surface area contributed by atoms with Gasteiger partial charge in [0.15, 0.2) is 5.76 Å². The van der Waals surface area contributed by atoms with Gasteiger partial charge < -0.3 is 9.15 Å². The molecule has 20 heavy (non-hydrogen) atoms. The number of ether oxygens (including phenoxy) is 1. The third-order valence-electron chi connectivity index (χ3n) is 2.70. The zero-order chi connectivity index (χ0) is 14.3. The van der Waals surface area contributed by atoms with Crippen LogP contribution in [0.15, 0.2) is 45.0 Å². The van der Waals surface area contributed by atoms with Crippen molar-refractivity contribution in [2.75, 3.05) is 0 Å². The third kappa shape index (κ3) is 2.12. The molecular formula is C13H6BrNO5. The second-order valence-corrected chi connectivity index (χ2v) is 4.93. The molecule has 7 heteroatoms. The maximum Gasteiger partial charge on any atom is 0.433 e. The summed E-state index contributed by atoms with van der Waals surface area (Å²) in [5.41, 5.74) is 0.437. The standard InChI is InChI=1S/C13H6BrNO5/c14-7-1-3-10-9(5-7)13(16)11(20-10)6-8-2-4-12(19-8)15(17)18/h1-6H/b11-6-. The zero-order valence-electron chi connectivity index (χ0n) is 9.83. The van der Waals surface area contributed by atoms with E-state index in [0.29, 0.717) is 11.3 Å². The Labute approximate surface area is 120 Å². The van der Waals surface area contributed by atoms with E-state index in [1.54, 1.807) is 18.2 Å². The van der Waals surface area contributed by atoms with Crippen molar-refractivity contribution in [2.24, 2.45) is 0 Å². The van der Waals surface area contributed by atoms with Crippen LogP contribution >= 0.6 is 15.9 Å². The average Bonchev–Trinajstić information content (AvgIpc) is 2.98. The Morgan fingerprint density at radius 1 is 1.25 bits per heavy atom. The van der Waals surface area contributed by atoms with Crippen LogP contribution in [0.5, 0.6) is 5.75 Å². The normalized spacial score (nSPS) is 15.2. The maximum absolute atomic E-state index is 12.1. The monoisotopic (exact) mass is 335 g/mol. The fourth-order valence-corrected chi connectivity index (χ4v) is 2.17. The van der Waals surface area contributed by atoms with Crippen LogP contribution in [0.1, 0.15) is 16.1 Å². The van der Waals surface area contributed by atoms with Crippen LogP contribution in [0.25, 0.3) is 6.08 Å². The van der Waals surface area contributed by atoms with Gasteiger partial charge in [0.25, 0.3) is 0 Å². The first-order valence-corrected chi connectivity index (χ1v) is 6.32. The topological polar surface area (TPSA) is 82.6 Å². The molecule has 2 heterocycles. The molecule has 0 saturated carbocycles. The highest BCUT2D eigenvalue weighted by Crippen LogP contribution is 2.34. The summed E-state index contributed by atoms with van der Waals surface area (Å²) in [5, 5.41) is 10.5. The van der Waals surface area contributed by atoms with Crippen LogP contribution < -0.4 is 4.74 Å². The molecule has 100 valence electrons. The van der Waals surface area contributed by atoms with Gasteiger partial charge in [-0.25, -0.2) is 0 Å². The van der Waals surface area contributed by atoms with Gasteiger partial charge in [0.1, 0.15) is 16.4 Å². The predicted molar refractivity (Wildman–Crippen MR) is 72.4 cm³/mol. The molecule has 0 N–H and O–H groups in total. The van der Waals surface area contributed by atoms with Gasteiger partial charge in [0.2, 0.25) is 5.78 Å². The minimum absolute atomic E-state index is 0.0716. The number of Topliss-reactive ketones (excluding diaryl/α,β-unsaturated/α-hetero) is 1. The van der Waals surface area contributed by atoms with E-state index in [-0.39, 0.29) is 23.2 Å². The Kier molecular flexibility index (Phi) is 2.90. The Bertz CT molecular complexity index is 762. The highest BCUT2D eigenvalue weighted by atomic mass is 79.9. The highest BCUT2D eigenvalue weighted by molar-refractivity contribution is 9.10. The second-order valence-electron chi connectivity index (χ2n) is 4.01. The summed E-state index contributed by atoms with van der Waals surface area (Å²) >= 11 is 3.28. The fourth-order valence-electron chi connectivity index (χ4n) is 1.81. The number of carbonyl (C=O) groups is 1. The van der Waals surface area contributed by atoms with Crippen molar-refractivity contribution in [1.82, 2.24) is 0 Å². The summed E-state index contributed by atoms with van der Waals surface area (Å²) in [6.45, 7) is 0. The van der Waals surface area contributed by atoms with E-state index in [2.05, 4.69) is 15.9 Å². The predicted octanol–water partition coefficient (Wildman–Crippen LogP) is 3.57. The molecule has 0 radical (unpaired) electrons. The number of allylic oxidation sites excluding steroid dienone is 1. The van der Waals surface area contributed by atoms with Crippen molar-refractivity contribution < 1.29 is 18.9 Å². The molecule has 0 amide bonds. The first-order valence-electron chi connectivity index (χ1n) is 5.52. The van der Waals surface area contributed by atoms with Crippen molar-refractivity contribution in [3.63, 3.8) is 0 Å². The number of fused-ring (bicyclic) bond motifs is 1. The highest BCUT2D eigenvalue weighted by Gasteiger charge is 2.28. The maximum atomic E-state index is 12.1. The molecule has 1 aromatic carbocycles. The molecule has 0 spiro atoms. The lowest BCUT2D eigenvalue weighted by molar-refractivity contribution is -0.402. The molecule has 0 aliphatic carbocycles. The number of benzene rings is 1. The number of halogens is 1. The first-order chi connectivity index (χ1) is 9.54. The second kappa shape index (κ2) is 4.61. The van der Waals surface area contributed by atoms with Crippen molar-refractivity contribution in [2.45, 2.75) is 0 Å². The molecule has 1 aliphatic heterocycles. The molecule has 0 fully saturated rings. The molecule has 0 saturated heterocycles. The summed E-state index contributed by atoms with van der Waals surface area (Å²) in [7, 11) is 0. The van der Waals surface area contributed by atoms with Crippen molar-refractivity contribution >= 4 is 33.7 Å². The quantitative estimate of drug-likeness (QED) is 0.476. The van der Waals surface area contributed by atoms with Gasteiger partial charge in [-0.05, 0) is 24.3 Å². The van der Waals surface area contributed by atoms with Gasteiger partial charge in [0.05, 0.1) is 11.6 Å². The number of hydrogen-bond donors (Lipinski definition) is 0. The Hall–Kier alpha value is -2.41. The van der Waals surface area contributed by atoms with Gasteiger partial charge in [0, 0.05) is 10.5 Å². The number of hydrogen-bond acceptors (Lipinski definition) is 5.